The van der Waals surface area contributed by atoms with E-state index >= 15 is 0 Å². The molecular formula is C49H94NO8P. The molecule has 0 aliphatic rings. The molecule has 0 rings (SSSR count). The van der Waals surface area contributed by atoms with Gasteiger partial charge in [0, 0.05) is 19.4 Å². The number of hydrogen-bond acceptors (Lipinski definition) is 7. The summed E-state index contributed by atoms with van der Waals surface area (Å²) >= 11 is 0. The number of phosphoric ester groups is 1. The maximum absolute atomic E-state index is 12.1. The number of aliphatic hydroxyl groups excluding tert-OH is 1. The van der Waals surface area contributed by atoms with Crippen LogP contribution in [0.4, 0.5) is 0 Å². The van der Waals surface area contributed by atoms with Crippen LogP contribution < -0.4 is 5.32 Å². The second-order valence-corrected chi connectivity index (χ2v) is 18.2. The third kappa shape index (κ3) is 47.4. The van der Waals surface area contributed by atoms with Crippen molar-refractivity contribution in [1.29, 1.82) is 0 Å². The predicted octanol–water partition coefficient (Wildman–Crippen LogP) is 14.3. The Hall–Kier alpha value is -1.51. The van der Waals surface area contributed by atoms with Gasteiger partial charge in [-0.1, -0.05) is 212 Å². The maximum Gasteiger partial charge on any atom is 0.472 e. The molecule has 0 radical (unpaired) electrons. The minimum Gasteiger partial charge on any atom is -0.463 e. The van der Waals surface area contributed by atoms with Crippen molar-refractivity contribution < 1.29 is 37.9 Å². The number of allylic oxidation sites excluding steroid dienone is 4. The Morgan fingerprint density at radius 1 is 0.525 bits per heavy atom. The zero-order chi connectivity index (χ0) is 43.2. The molecule has 2 atom stereocenters. The standard InChI is InChI=1S/C49H94NO8P/c1-3-5-7-9-11-13-15-17-19-20-21-22-23-24-25-26-28-29-31-33-35-37-39-41-48(52)50-43-44-57-59(54,55)58-46-47(51)45-56-49(53)42-40-38-36-34-32-30-27-18-16-14-12-10-8-6-4-2/h12,14,18,27,47,51H,3-11,13,15-17,19-26,28-46H2,1-2H3,(H,50,52)(H,54,55)/b14-12-,27-18-. The topological polar surface area (TPSA) is 131 Å². The van der Waals surface area contributed by atoms with E-state index in [2.05, 4.69) is 43.5 Å². The molecule has 1 amide bonds. The molecule has 0 saturated heterocycles. The number of unbranched alkanes of at least 4 members (excludes halogenated alkanes) is 30. The fourth-order valence-electron chi connectivity index (χ4n) is 7.12. The number of carbonyl (C=O) groups excluding carboxylic acids is 2. The van der Waals surface area contributed by atoms with Crippen LogP contribution in [-0.4, -0.2) is 54.3 Å². The van der Waals surface area contributed by atoms with E-state index < -0.39 is 26.5 Å². The highest BCUT2D eigenvalue weighted by molar-refractivity contribution is 7.47. The van der Waals surface area contributed by atoms with Gasteiger partial charge in [-0.2, -0.15) is 0 Å². The van der Waals surface area contributed by atoms with Gasteiger partial charge in [0.15, 0.2) is 0 Å². The first-order valence-corrected chi connectivity index (χ1v) is 26.3. The van der Waals surface area contributed by atoms with Crippen molar-refractivity contribution in [1.82, 2.24) is 5.32 Å². The second kappa shape index (κ2) is 46.0. The summed E-state index contributed by atoms with van der Waals surface area (Å²) in [5.74, 6) is -0.521. The highest BCUT2D eigenvalue weighted by Gasteiger charge is 2.23. The van der Waals surface area contributed by atoms with Crippen molar-refractivity contribution in [2.75, 3.05) is 26.4 Å². The van der Waals surface area contributed by atoms with Gasteiger partial charge < -0.3 is 20.1 Å². The highest BCUT2D eigenvalue weighted by atomic mass is 31.2. The maximum atomic E-state index is 12.1. The van der Waals surface area contributed by atoms with Crippen LogP contribution in [-0.2, 0) is 27.9 Å². The molecule has 0 bridgehead atoms. The molecule has 0 spiro atoms. The highest BCUT2D eigenvalue weighted by Crippen LogP contribution is 2.42. The average Bonchev–Trinajstić information content (AvgIpc) is 3.22. The molecule has 3 N–H and O–H groups in total. The van der Waals surface area contributed by atoms with E-state index in [1.165, 1.54) is 154 Å². The summed E-state index contributed by atoms with van der Waals surface area (Å²) in [6.07, 6.45) is 51.2. The van der Waals surface area contributed by atoms with E-state index in [0.29, 0.717) is 6.42 Å². The van der Waals surface area contributed by atoms with Gasteiger partial charge in [-0.15, -0.1) is 0 Å². The molecule has 10 heteroatoms. The summed E-state index contributed by atoms with van der Waals surface area (Å²) in [6.45, 7) is 3.55. The molecule has 0 aromatic carbocycles. The fourth-order valence-corrected chi connectivity index (χ4v) is 7.88. The molecule has 0 aliphatic carbocycles. The smallest absolute Gasteiger partial charge is 0.463 e. The van der Waals surface area contributed by atoms with E-state index in [-0.39, 0.29) is 32.1 Å². The van der Waals surface area contributed by atoms with Crippen molar-refractivity contribution >= 4 is 19.7 Å². The van der Waals surface area contributed by atoms with Crippen LogP contribution >= 0.6 is 7.82 Å². The molecule has 9 nitrogen and oxygen atoms in total. The third-order valence-electron chi connectivity index (χ3n) is 10.9. The minimum absolute atomic E-state index is 0.0838. The Kier molecular flexibility index (Phi) is 44.8. The zero-order valence-corrected chi connectivity index (χ0v) is 39.4. The van der Waals surface area contributed by atoms with Crippen LogP contribution in [0.3, 0.4) is 0 Å². The van der Waals surface area contributed by atoms with Crippen molar-refractivity contribution in [3.05, 3.63) is 24.3 Å². The van der Waals surface area contributed by atoms with Gasteiger partial charge in [0.1, 0.15) is 12.7 Å². The van der Waals surface area contributed by atoms with Gasteiger partial charge >= 0.3 is 13.8 Å². The van der Waals surface area contributed by atoms with Crippen LogP contribution in [0.25, 0.3) is 0 Å². The SMILES string of the molecule is CCCCC/C=C\C/C=C\CCCCCCCC(=O)OCC(O)COP(=O)(O)OCCNC(=O)CCCCCCCCCCCCCCCCCCCCCCCCC. The van der Waals surface area contributed by atoms with E-state index in [1.807, 2.05) is 0 Å². The van der Waals surface area contributed by atoms with Gasteiger partial charge in [0.25, 0.3) is 0 Å². The molecule has 0 heterocycles. The summed E-state index contributed by atoms with van der Waals surface area (Å²) in [5.41, 5.74) is 0. The first kappa shape index (κ1) is 57.5. The molecule has 2 unspecified atom stereocenters. The first-order valence-electron chi connectivity index (χ1n) is 24.8. The Labute approximate surface area is 363 Å². The normalized spacial score (nSPS) is 13.4. The molecule has 0 saturated carbocycles. The van der Waals surface area contributed by atoms with Crippen molar-refractivity contribution in [2.24, 2.45) is 0 Å². The lowest BCUT2D eigenvalue weighted by Gasteiger charge is -2.15. The number of rotatable bonds is 47. The van der Waals surface area contributed by atoms with Gasteiger partial charge in [0.05, 0.1) is 13.2 Å². The van der Waals surface area contributed by atoms with Gasteiger partial charge in [-0.25, -0.2) is 4.57 Å². The molecule has 0 aromatic rings. The Morgan fingerprint density at radius 2 is 0.915 bits per heavy atom. The summed E-state index contributed by atoms with van der Waals surface area (Å²) in [5, 5.41) is 12.7. The molecule has 348 valence electrons. The number of esters is 1. The average molecular weight is 856 g/mol. The second-order valence-electron chi connectivity index (χ2n) is 16.8. The third-order valence-corrected chi connectivity index (χ3v) is 11.9. The number of amides is 1. The minimum atomic E-state index is -4.42. The molecular weight excluding hydrogens is 762 g/mol. The van der Waals surface area contributed by atoms with Crippen molar-refractivity contribution in [2.45, 2.75) is 251 Å². The van der Waals surface area contributed by atoms with Gasteiger partial charge in [0.2, 0.25) is 5.91 Å². The van der Waals surface area contributed by atoms with Crippen LogP contribution in [0.15, 0.2) is 24.3 Å². The zero-order valence-electron chi connectivity index (χ0n) is 38.5. The van der Waals surface area contributed by atoms with Gasteiger partial charge in [-0.05, 0) is 44.9 Å². The van der Waals surface area contributed by atoms with E-state index in [1.54, 1.807) is 0 Å². The van der Waals surface area contributed by atoms with Crippen LogP contribution in [0, 0.1) is 0 Å². The molecule has 59 heavy (non-hydrogen) atoms. The quantitative estimate of drug-likeness (QED) is 0.0239. The molecule has 0 aromatic heterocycles. The predicted molar refractivity (Wildman–Crippen MR) is 248 cm³/mol. The number of aliphatic hydroxyl groups is 1. The van der Waals surface area contributed by atoms with Crippen molar-refractivity contribution in [3.8, 4) is 0 Å². The monoisotopic (exact) mass is 856 g/mol. The summed E-state index contributed by atoms with van der Waals surface area (Å²) in [7, 11) is -4.42. The lowest BCUT2D eigenvalue weighted by Crippen LogP contribution is -2.27. The lowest BCUT2D eigenvalue weighted by atomic mass is 10.0. The summed E-state index contributed by atoms with van der Waals surface area (Å²) in [6, 6.07) is 0. The number of phosphoric acid groups is 1. The van der Waals surface area contributed by atoms with Crippen LogP contribution in [0.5, 0.6) is 0 Å². The van der Waals surface area contributed by atoms with Crippen molar-refractivity contribution in [3.63, 3.8) is 0 Å². The van der Waals surface area contributed by atoms with Crippen LogP contribution in [0.1, 0.15) is 245 Å². The van der Waals surface area contributed by atoms with E-state index in [0.717, 1.165) is 64.2 Å². The summed E-state index contributed by atoms with van der Waals surface area (Å²) in [4.78, 5) is 34.0. The van der Waals surface area contributed by atoms with E-state index in [9.17, 15) is 24.2 Å². The number of nitrogens with one attached hydrogen (secondary N) is 1. The fraction of sp³-hybridized carbons (Fsp3) is 0.878. The largest absolute Gasteiger partial charge is 0.472 e. The van der Waals surface area contributed by atoms with Gasteiger partial charge in [-0.3, -0.25) is 18.6 Å². The van der Waals surface area contributed by atoms with E-state index in [4.69, 9.17) is 13.8 Å². The number of ether oxygens (including phenoxy) is 1. The number of hydrogen-bond donors (Lipinski definition) is 3. The summed E-state index contributed by atoms with van der Waals surface area (Å²) < 4.78 is 26.9. The molecule has 0 aliphatic heterocycles. The van der Waals surface area contributed by atoms with Crippen LogP contribution in [0.2, 0.25) is 0 Å². The number of carbonyl (C=O) groups is 2. The lowest BCUT2D eigenvalue weighted by molar-refractivity contribution is -0.147. The Morgan fingerprint density at radius 3 is 1.39 bits per heavy atom. The molecule has 0 fully saturated rings. The first-order chi connectivity index (χ1) is 28.8. The Balaban J connectivity index is 3.53. The Bertz CT molecular complexity index is 1020.